The number of carbonyl (C=O) groups excluding carboxylic acids is 2. The molecule has 0 atom stereocenters. The van der Waals surface area contributed by atoms with Crippen LogP contribution in [0.3, 0.4) is 0 Å². The molecule has 0 radical (unpaired) electrons. The highest BCUT2D eigenvalue weighted by atomic mass is 16.5. The van der Waals surface area contributed by atoms with Gasteiger partial charge >= 0.3 is 6.03 Å². The van der Waals surface area contributed by atoms with E-state index in [1.807, 2.05) is 38.1 Å². The average molecular weight is 307 g/mol. The predicted octanol–water partition coefficient (Wildman–Crippen LogP) is 1.55. The van der Waals surface area contributed by atoms with Crippen molar-refractivity contribution < 1.29 is 14.3 Å². The van der Waals surface area contributed by atoms with E-state index in [0.717, 1.165) is 11.1 Å². The zero-order valence-corrected chi connectivity index (χ0v) is 13.4. The fourth-order valence-corrected chi connectivity index (χ4v) is 1.95. The number of amides is 3. The van der Waals surface area contributed by atoms with Crippen LogP contribution >= 0.6 is 0 Å². The van der Waals surface area contributed by atoms with Crippen molar-refractivity contribution in [3.8, 4) is 0 Å². The van der Waals surface area contributed by atoms with Gasteiger partial charge in [-0.3, -0.25) is 4.79 Å². The standard InChI is InChI=1S/C16H25N3O3/c1-12(2)19-15(20)8-9-17-16(21)18-10-13-6-4-5-7-14(13)11-22-3/h4-7,12H,8-11H2,1-3H3,(H,19,20)(H2,17,18,21). The van der Waals surface area contributed by atoms with E-state index in [0.29, 0.717) is 19.7 Å². The second-order valence-electron chi connectivity index (χ2n) is 5.28. The minimum Gasteiger partial charge on any atom is -0.380 e. The van der Waals surface area contributed by atoms with Crippen molar-refractivity contribution in [3.05, 3.63) is 35.4 Å². The molecular weight excluding hydrogens is 282 g/mol. The molecule has 0 aromatic heterocycles. The second kappa shape index (κ2) is 9.78. The molecule has 1 rings (SSSR count). The Morgan fingerprint density at radius 2 is 1.82 bits per heavy atom. The van der Waals surface area contributed by atoms with E-state index >= 15 is 0 Å². The summed E-state index contributed by atoms with van der Waals surface area (Å²) >= 11 is 0. The van der Waals surface area contributed by atoms with Crippen LogP contribution in [0.4, 0.5) is 4.79 Å². The summed E-state index contributed by atoms with van der Waals surface area (Å²) in [7, 11) is 1.64. The van der Waals surface area contributed by atoms with Gasteiger partial charge < -0.3 is 20.7 Å². The van der Waals surface area contributed by atoms with E-state index in [2.05, 4.69) is 16.0 Å². The maximum absolute atomic E-state index is 11.7. The van der Waals surface area contributed by atoms with Gasteiger partial charge in [0.15, 0.2) is 0 Å². The molecule has 6 heteroatoms. The molecule has 0 spiro atoms. The first-order chi connectivity index (χ1) is 10.5. The maximum atomic E-state index is 11.7. The van der Waals surface area contributed by atoms with Crippen LogP contribution in [-0.4, -0.2) is 31.6 Å². The highest BCUT2D eigenvalue weighted by Crippen LogP contribution is 2.09. The Morgan fingerprint density at radius 1 is 1.14 bits per heavy atom. The van der Waals surface area contributed by atoms with Crippen LogP contribution in [0.5, 0.6) is 0 Å². The molecule has 22 heavy (non-hydrogen) atoms. The summed E-state index contributed by atoms with van der Waals surface area (Å²) in [6.45, 7) is 5.04. The first-order valence-corrected chi connectivity index (χ1v) is 7.39. The highest BCUT2D eigenvalue weighted by Gasteiger charge is 2.06. The van der Waals surface area contributed by atoms with Crippen molar-refractivity contribution >= 4 is 11.9 Å². The number of methoxy groups -OCH3 is 1. The first kappa shape index (κ1) is 18.0. The van der Waals surface area contributed by atoms with Gasteiger partial charge in [0.2, 0.25) is 5.91 Å². The molecule has 0 aliphatic carbocycles. The highest BCUT2D eigenvalue weighted by molar-refractivity contribution is 5.78. The van der Waals surface area contributed by atoms with E-state index in [1.165, 1.54) is 0 Å². The molecule has 3 amide bonds. The van der Waals surface area contributed by atoms with Gasteiger partial charge in [-0.15, -0.1) is 0 Å². The van der Waals surface area contributed by atoms with Gasteiger partial charge in [-0.2, -0.15) is 0 Å². The van der Waals surface area contributed by atoms with Crippen LogP contribution in [0.1, 0.15) is 31.4 Å². The van der Waals surface area contributed by atoms with Crippen LogP contribution in [0.15, 0.2) is 24.3 Å². The number of rotatable bonds is 8. The number of carbonyl (C=O) groups is 2. The monoisotopic (exact) mass is 307 g/mol. The quantitative estimate of drug-likeness (QED) is 0.682. The van der Waals surface area contributed by atoms with Gasteiger partial charge in [0.05, 0.1) is 6.61 Å². The van der Waals surface area contributed by atoms with Gasteiger partial charge in [-0.1, -0.05) is 24.3 Å². The molecule has 3 N–H and O–H groups in total. The molecule has 0 saturated carbocycles. The summed E-state index contributed by atoms with van der Waals surface area (Å²) < 4.78 is 5.13. The third kappa shape index (κ3) is 7.08. The number of benzene rings is 1. The summed E-state index contributed by atoms with van der Waals surface area (Å²) in [5.74, 6) is -0.0688. The molecule has 0 fully saturated rings. The number of nitrogens with one attached hydrogen (secondary N) is 3. The molecule has 6 nitrogen and oxygen atoms in total. The van der Waals surface area contributed by atoms with Crippen LogP contribution < -0.4 is 16.0 Å². The van der Waals surface area contributed by atoms with Gasteiger partial charge in [-0.05, 0) is 25.0 Å². The molecule has 0 unspecified atom stereocenters. The fourth-order valence-electron chi connectivity index (χ4n) is 1.95. The minimum absolute atomic E-state index is 0.0688. The lowest BCUT2D eigenvalue weighted by Gasteiger charge is -2.11. The fraction of sp³-hybridized carbons (Fsp3) is 0.500. The van der Waals surface area contributed by atoms with Crippen molar-refractivity contribution in [2.45, 2.75) is 39.5 Å². The summed E-state index contributed by atoms with van der Waals surface area (Å²) in [5.41, 5.74) is 2.05. The molecule has 1 aromatic rings. The van der Waals surface area contributed by atoms with Crippen LogP contribution in [0, 0.1) is 0 Å². The Kier molecular flexibility index (Phi) is 7.99. The lowest BCUT2D eigenvalue weighted by atomic mass is 10.1. The van der Waals surface area contributed by atoms with Crippen LogP contribution in [0.25, 0.3) is 0 Å². The molecule has 0 heterocycles. The Hall–Kier alpha value is -2.08. The van der Waals surface area contributed by atoms with Crippen molar-refractivity contribution in [3.63, 3.8) is 0 Å². The van der Waals surface area contributed by atoms with Gasteiger partial charge in [0.1, 0.15) is 0 Å². The molecule has 0 saturated heterocycles. The van der Waals surface area contributed by atoms with Gasteiger partial charge in [0, 0.05) is 32.7 Å². The van der Waals surface area contributed by atoms with Crippen LogP contribution in [-0.2, 0) is 22.7 Å². The largest absolute Gasteiger partial charge is 0.380 e. The zero-order valence-electron chi connectivity index (χ0n) is 13.4. The van der Waals surface area contributed by atoms with Gasteiger partial charge in [0.25, 0.3) is 0 Å². The maximum Gasteiger partial charge on any atom is 0.315 e. The van der Waals surface area contributed by atoms with E-state index in [1.54, 1.807) is 7.11 Å². The minimum atomic E-state index is -0.287. The third-order valence-electron chi connectivity index (χ3n) is 2.94. The van der Waals surface area contributed by atoms with E-state index in [-0.39, 0.29) is 24.4 Å². The summed E-state index contributed by atoms with van der Waals surface area (Å²) in [4.78, 5) is 23.1. The van der Waals surface area contributed by atoms with Crippen molar-refractivity contribution in [2.24, 2.45) is 0 Å². The first-order valence-electron chi connectivity index (χ1n) is 7.39. The Balaban J connectivity index is 2.30. The molecule has 122 valence electrons. The summed E-state index contributed by atoms with van der Waals surface area (Å²) in [6.07, 6.45) is 0.270. The topological polar surface area (TPSA) is 79.5 Å². The second-order valence-corrected chi connectivity index (χ2v) is 5.28. The molecule has 0 aliphatic rings. The van der Waals surface area contributed by atoms with Gasteiger partial charge in [-0.25, -0.2) is 4.79 Å². The number of ether oxygens (including phenoxy) is 1. The summed E-state index contributed by atoms with van der Waals surface area (Å²) in [5, 5.41) is 8.21. The zero-order chi connectivity index (χ0) is 16.4. The number of urea groups is 1. The molecule has 0 bridgehead atoms. The molecular formula is C16H25N3O3. The van der Waals surface area contributed by atoms with Crippen molar-refractivity contribution in [2.75, 3.05) is 13.7 Å². The SMILES string of the molecule is COCc1ccccc1CNC(=O)NCCC(=O)NC(C)C. The number of hydrogen-bond acceptors (Lipinski definition) is 3. The molecule has 0 aliphatic heterocycles. The van der Waals surface area contributed by atoms with E-state index in [9.17, 15) is 9.59 Å². The lowest BCUT2D eigenvalue weighted by Crippen LogP contribution is -2.38. The van der Waals surface area contributed by atoms with E-state index in [4.69, 9.17) is 4.74 Å². The smallest absolute Gasteiger partial charge is 0.315 e. The Bertz CT molecular complexity index is 489. The lowest BCUT2D eigenvalue weighted by molar-refractivity contribution is -0.121. The predicted molar refractivity (Wildman–Crippen MR) is 85.3 cm³/mol. The summed E-state index contributed by atoms with van der Waals surface area (Å²) in [6, 6.07) is 7.60. The average Bonchev–Trinajstić information content (AvgIpc) is 2.46. The third-order valence-corrected chi connectivity index (χ3v) is 2.94. The Morgan fingerprint density at radius 3 is 2.45 bits per heavy atom. The number of hydrogen-bond donors (Lipinski definition) is 3. The normalized spacial score (nSPS) is 10.4. The Labute approximate surface area is 131 Å². The van der Waals surface area contributed by atoms with Crippen molar-refractivity contribution in [1.82, 2.24) is 16.0 Å². The van der Waals surface area contributed by atoms with E-state index < -0.39 is 0 Å². The van der Waals surface area contributed by atoms with Crippen molar-refractivity contribution in [1.29, 1.82) is 0 Å². The van der Waals surface area contributed by atoms with Crippen LogP contribution in [0.2, 0.25) is 0 Å². The molecule has 1 aromatic carbocycles.